The molecular formula is C16H18N2O3. The monoisotopic (exact) mass is 286 g/mol. The molecule has 0 unspecified atom stereocenters. The Labute approximate surface area is 123 Å². The molecule has 0 saturated heterocycles. The lowest BCUT2D eigenvalue weighted by atomic mass is 10.0. The smallest absolute Gasteiger partial charge is 0.319 e. The molecule has 2 aromatic rings. The molecule has 0 fully saturated rings. The van der Waals surface area contributed by atoms with Crippen LogP contribution in [0.1, 0.15) is 20.3 Å². The Bertz CT molecular complexity index is 675. The van der Waals surface area contributed by atoms with Crippen LogP contribution in [0.4, 0.5) is 10.5 Å². The lowest BCUT2D eigenvalue weighted by Gasteiger charge is -2.24. The van der Waals surface area contributed by atoms with E-state index in [0.29, 0.717) is 5.69 Å². The van der Waals surface area contributed by atoms with Gasteiger partial charge >= 0.3 is 12.0 Å². The maximum atomic E-state index is 12.0. The highest BCUT2D eigenvalue weighted by Gasteiger charge is 2.23. The summed E-state index contributed by atoms with van der Waals surface area (Å²) in [7, 11) is 0. The molecule has 3 N–H and O–H groups in total. The first-order chi connectivity index (χ1) is 9.87. The van der Waals surface area contributed by atoms with Gasteiger partial charge in [-0.3, -0.25) is 4.79 Å². The predicted molar refractivity (Wildman–Crippen MR) is 82.4 cm³/mol. The van der Waals surface area contributed by atoms with Crippen molar-refractivity contribution < 1.29 is 14.7 Å². The van der Waals surface area contributed by atoms with Crippen LogP contribution < -0.4 is 10.6 Å². The van der Waals surface area contributed by atoms with Crippen molar-refractivity contribution in [2.75, 3.05) is 5.32 Å². The van der Waals surface area contributed by atoms with Crippen LogP contribution >= 0.6 is 0 Å². The second-order valence-corrected chi connectivity index (χ2v) is 5.56. The van der Waals surface area contributed by atoms with Crippen molar-refractivity contribution in [2.24, 2.45) is 0 Å². The fraction of sp³-hybridized carbons (Fsp3) is 0.250. The van der Waals surface area contributed by atoms with Gasteiger partial charge in [0.1, 0.15) is 0 Å². The molecule has 21 heavy (non-hydrogen) atoms. The van der Waals surface area contributed by atoms with E-state index in [1.807, 2.05) is 42.5 Å². The molecule has 0 radical (unpaired) electrons. The van der Waals surface area contributed by atoms with E-state index in [-0.39, 0.29) is 6.42 Å². The molecule has 0 aliphatic heterocycles. The van der Waals surface area contributed by atoms with Gasteiger partial charge in [0.25, 0.3) is 0 Å². The number of carboxylic acids is 1. The van der Waals surface area contributed by atoms with Crippen LogP contribution in [-0.2, 0) is 4.79 Å². The number of amides is 2. The van der Waals surface area contributed by atoms with Crippen molar-refractivity contribution in [1.29, 1.82) is 0 Å². The van der Waals surface area contributed by atoms with E-state index in [0.717, 1.165) is 10.8 Å². The first-order valence-electron chi connectivity index (χ1n) is 6.66. The highest BCUT2D eigenvalue weighted by atomic mass is 16.4. The first kappa shape index (κ1) is 14.8. The fourth-order valence-electron chi connectivity index (χ4n) is 2.22. The standard InChI is InChI=1S/C16H18N2O3/c1-16(2,10-14(19)20)18-15(21)17-13-9-5-7-11-6-3-4-8-12(11)13/h3-9H,10H2,1-2H3,(H,19,20)(H2,17,18,21). The van der Waals surface area contributed by atoms with Gasteiger partial charge in [0, 0.05) is 10.9 Å². The third-order valence-electron chi connectivity index (χ3n) is 3.08. The molecule has 5 nitrogen and oxygen atoms in total. The Morgan fingerprint density at radius 3 is 2.48 bits per heavy atom. The highest BCUT2D eigenvalue weighted by molar-refractivity contribution is 6.01. The molecular weight excluding hydrogens is 268 g/mol. The second-order valence-electron chi connectivity index (χ2n) is 5.56. The molecule has 0 bridgehead atoms. The predicted octanol–water partition coefficient (Wildman–Crippen LogP) is 3.21. The van der Waals surface area contributed by atoms with Crippen LogP contribution in [-0.4, -0.2) is 22.6 Å². The van der Waals surface area contributed by atoms with E-state index in [2.05, 4.69) is 10.6 Å². The number of benzene rings is 2. The van der Waals surface area contributed by atoms with Crippen LogP contribution in [0.25, 0.3) is 10.8 Å². The van der Waals surface area contributed by atoms with E-state index in [4.69, 9.17) is 5.11 Å². The summed E-state index contributed by atoms with van der Waals surface area (Å²) in [4.78, 5) is 22.8. The van der Waals surface area contributed by atoms with Crippen LogP contribution in [0.5, 0.6) is 0 Å². The lowest BCUT2D eigenvalue weighted by Crippen LogP contribution is -2.46. The van der Waals surface area contributed by atoms with Crippen LogP contribution in [0.15, 0.2) is 42.5 Å². The topological polar surface area (TPSA) is 78.4 Å². The number of hydrogen-bond acceptors (Lipinski definition) is 2. The normalized spacial score (nSPS) is 11.1. The van der Waals surface area contributed by atoms with Gasteiger partial charge in [-0.15, -0.1) is 0 Å². The van der Waals surface area contributed by atoms with Gasteiger partial charge in [-0.05, 0) is 25.3 Å². The molecule has 0 aliphatic carbocycles. The number of nitrogens with one attached hydrogen (secondary N) is 2. The Kier molecular flexibility index (Phi) is 4.12. The minimum Gasteiger partial charge on any atom is -0.481 e. The van der Waals surface area contributed by atoms with Crippen LogP contribution in [0.2, 0.25) is 0 Å². The quantitative estimate of drug-likeness (QED) is 0.807. The van der Waals surface area contributed by atoms with Crippen LogP contribution in [0.3, 0.4) is 0 Å². The minimum absolute atomic E-state index is 0.143. The first-order valence-corrected chi connectivity index (χ1v) is 6.66. The number of urea groups is 1. The summed E-state index contributed by atoms with van der Waals surface area (Å²) in [6, 6.07) is 12.9. The SMILES string of the molecule is CC(C)(CC(=O)O)NC(=O)Nc1cccc2ccccc12. The largest absolute Gasteiger partial charge is 0.481 e. The molecule has 0 aliphatic rings. The maximum Gasteiger partial charge on any atom is 0.319 e. The Morgan fingerprint density at radius 1 is 1.10 bits per heavy atom. The van der Waals surface area contributed by atoms with Crippen molar-refractivity contribution in [3.63, 3.8) is 0 Å². The van der Waals surface area contributed by atoms with Gasteiger partial charge in [-0.2, -0.15) is 0 Å². The summed E-state index contributed by atoms with van der Waals surface area (Å²) in [5.41, 5.74) is -0.128. The number of carbonyl (C=O) groups is 2. The summed E-state index contributed by atoms with van der Waals surface area (Å²) >= 11 is 0. The van der Waals surface area contributed by atoms with Crippen molar-refractivity contribution in [2.45, 2.75) is 25.8 Å². The van der Waals surface area contributed by atoms with Crippen molar-refractivity contribution in [3.05, 3.63) is 42.5 Å². The summed E-state index contributed by atoms with van der Waals surface area (Å²) < 4.78 is 0. The molecule has 0 spiro atoms. The van der Waals surface area contributed by atoms with Crippen molar-refractivity contribution >= 4 is 28.5 Å². The average molecular weight is 286 g/mol. The van der Waals surface area contributed by atoms with E-state index < -0.39 is 17.5 Å². The minimum atomic E-state index is -0.953. The number of anilines is 1. The zero-order valence-electron chi connectivity index (χ0n) is 12.0. The van der Waals surface area contributed by atoms with Gasteiger partial charge in [-0.1, -0.05) is 36.4 Å². The average Bonchev–Trinajstić information content (AvgIpc) is 2.36. The number of rotatable bonds is 4. The fourth-order valence-corrected chi connectivity index (χ4v) is 2.22. The maximum absolute atomic E-state index is 12.0. The molecule has 110 valence electrons. The number of aliphatic carboxylic acids is 1. The van der Waals surface area contributed by atoms with Gasteiger partial charge < -0.3 is 15.7 Å². The van der Waals surface area contributed by atoms with E-state index >= 15 is 0 Å². The number of carboxylic acid groups (broad SMARTS) is 1. The molecule has 2 amide bonds. The zero-order chi connectivity index (χ0) is 15.5. The summed E-state index contributed by atoms with van der Waals surface area (Å²) in [5, 5.41) is 16.2. The Morgan fingerprint density at radius 2 is 1.76 bits per heavy atom. The Balaban J connectivity index is 2.13. The number of carbonyl (C=O) groups excluding carboxylic acids is 1. The molecule has 5 heteroatoms. The number of fused-ring (bicyclic) bond motifs is 1. The highest BCUT2D eigenvalue weighted by Crippen LogP contribution is 2.23. The van der Waals surface area contributed by atoms with Gasteiger partial charge in [0.05, 0.1) is 12.1 Å². The molecule has 0 aromatic heterocycles. The zero-order valence-corrected chi connectivity index (χ0v) is 12.0. The molecule has 0 saturated carbocycles. The number of hydrogen-bond donors (Lipinski definition) is 3. The van der Waals surface area contributed by atoms with Crippen LogP contribution in [0, 0.1) is 0 Å². The van der Waals surface area contributed by atoms with Gasteiger partial charge in [0.2, 0.25) is 0 Å². The Hall–Kier alpha value is -2.56. The second kappa shape index (κ2) is 5.83. The molecule has 2 aromatic carbocycles. The van der Waals surface area contributed by atoms with Crippen molar-refractivity contribution in [1.82, 2.24) is 5.32 Å². The molecule has 2 rings (SSSR count). The summed E-state index contributed by atoms with van der Waals surface area (Å²) in [6.07, 6.45) is -0.143. The molecule has 0 heterocycles. The third kappa shape index (κ3) is 3.95. The van der Waals surface area contributed by atoms with E-state index in [1.54, 1.807) is 13.8 Å². The summed E-state index contributed by atoms with van der Waals surface area (Å²) in [5.74, 6) is -0.953. The van der Waals surface area contributed by atoms with E-state index in [9.17, 15) is 9.59 Å². The third-order valence-corrected chi connectivity index (χ3v) is 3.08. The van der Waals surface area contributed by atoms with Gasteiger partial charge in [0.15, 0.2) is 0 Å². The molecule has 0 atom stereocenters. The lowest BCUT2D eigenvalue weighted by molar-refractivity contribution is -0.138. The van der Waals surface area contributed by atoms with Crippen molar-refractivity contribution in [3.8, 4) is 0 Å². The van der Waals surface area contributed by atoms with E-state index in [1.165, 1.54) is 0 Å². The van der Waals surface area contributed by atoms with Gasteiger partial charge in [-0.25, -0.2) is 4.79 Å². The summed E-state index contributed by atoms with van der Waals surface area (Å²) in [6.45, 7) is 3.34.